The van der Waals surface area contributed by atoms with Gasteiger partial charge in [0.2, 0.25) is 0 Å². The van der Waals surface area contributed by atoms with Gasteiger partial charge in [-0.1, -0.05) is 0 Å². The Labute approximate surface area is 89.8 Å². The van der Waals surface area contributed by atoms with Gasteiger partial charge in [-0.2, -0.15) is 8.42 Å². The van der Waals surface area contributed by atoms with Gasteiger partial charge < -0.3 is 9.47 Å². The highest BCUT2D eigenvalue weighted by molar-refractivity contribution is 7.85. The van der Waals surface area contributed by atoms with Crippen LogP contribution >= 0.6 is 0 Å². The van der Waals surface area contributed by atoms with Gasteiger partial charge in [0, 0.05) is 12.8 Å². The Kier molecular flexibility index (Phi) is 3.03. The Morgan fingerprint density at radius 1 is 1.40 bits per heavy atom. The molecule has 1 aliphatic carbocycles. The Balaban J connectivity index is 1.82. The average Bonchev–Trinajstić information content (AvgIpc) is 2.73. The first-order chi connectivity index (χ1) is 6.99. The maximum atomic E-state index is 10.8. The SMILES string of the molecule is CS(=O)(=O)OCC1COC2(CCCC2)O1. The summed E-state index contributed by atoms with van der Waals surface area (Å²) >= 11 is 0. The molecule has 0 bridgehead atoms. The number of ether oxygens (including phenoxy) is 2. The minimum atomic E-state index is -3.38. The summed E-state index contributed by atoms with van der Waals surface area (Å²) < 4.78 is 37.5. The summed E-state index contributed by atoms with van der Waals surface area (Å²) in [5.74, 6) is -0.439. The lowest BCUT2D eigenvalue weighted by Crippen LogP contribution is -2.28. The van der Waals surface area contributed by atoms with Crippen molar-refractivity contribution < 1.29 is 22.1 Å². The summed E-state index contributed by atoms with van der Waals surface area (Å²) in [7, 11) is -3.38. The molecule has 0 aromatic rings. The second-order valence-electron chi connectivity index (χ2n) is 4.16. The Hall–Kier alpha value is -0.170. The summed E-state index contributed by atoms with van der Waals surface area (Å²) in [5, 5.41) is 0. The van der Waals surface area contributed by atoms with Crippen LogP contribution < -0.4 is 0 Å². The van der Waals surface area contributed by atoms with Crippen molar-refractivity contribution >= 4 is 10.1 Å². The summed E-state index contributed by atoms with van der Waals surface area (Å²) in [5.41, 5.74) is 0. The minimum absolute atomic E-state index is 0.0561. The monoisotopic (exact) mass is 236 g/mol. The second kappa shape index (κ2) is 4.01. The summed E-state index contributed by atoms with van der Waals surface area (Å²) in [6, 6.07) is 0. The van der Waals surface area contributed by atoms with Crippen LogP contribution in [0.25, 0.3) is 0 Å². The fraction of sp³-hybridized carbons (Fsp3) is 1.00. The first-order valence-electron chi connectivity index (χ1n) is 5.15. The molecule has 0 radical (unpaired) electrons. The zero-order chi connectivity index (χ0) is 10.9. The summed E-state index contributed by atoms with van der Waals surface area (Å²) in [6.07, 6.45) is 4.82. The highest BCUT2D eigenvalue weighted by Gasteiger charge is 2.43. The van der Waals surface area contributed by atoms with Crippen LogP contribution in [0.2, 0.25) is 0 Å². The molecule has 0 aromatic heterocycles. The van der Waals surface area contributed by atoms with Crippen LogP contribution in [0.15, 0.2) is 0 Å². The van der Waals surface area contributed by atoms with Crippen molar-refractivity contribution in [2.24, 2.45) is 0 Å². The van der Waals surface area contributed by atoms with E-state index in [4.69, 9.17) is 9.47 Å². The lowest BCUT2D eigenvalue weighted by molar-refractivity contribution is -0.164. The predicted molar refractivity (Wildman–Crippen MR) is 52.8 cm³/mol. The highest BCUT2D eigenvalue weighted by atomic mass is 32.2. The standard InChI is InChI=1S/C9H16O5S/c1-15(10,11)13-7-8-6-12-9(14-8)4-2-3-5-9/h8H,2-7H2,1H3. The first-order valence-corrected chi connectivity index (χ1v) is 6.97. The van der Waals surface area contributed by atoms with Crippen molar-refractivity contribution in [2.75, 3.05) is 19.5 Å². The van der Waals surface area contributed by atoms with Gasteiger partial charge in [-0.05, 0) is 12.8 Å². The number of hydrogen-bond donors (Lipinski definition) is 0. The normalized spacial score (nSPS) is 30.1. The van der Waals surface area contributed by atoms with Crippen LogP contribution in [0.4, 0.5) is 0 Å². The van der Waals surface area contributed by atoms with Crippen molar-refractivity contribution in [1.29, 1.82) is 0 Å². The summed E-state index contributed by atoms with van der Waals surface area (Å²) in [6.45, 7) is 0.482. The smallest absolute Gasteiger partial charge is 0.264 e. The van der Waals surface area contributed by atoms with Gasteiger partial charge in [0.1, 0.15) is 6.10 Å². The molecule has 1 atom stereocenters. The minimum Gasteiger partial charge on any atom is -0.347 e. The average molecular weight is 236 g/mol. The third-order valence-corrected chi connectivity index (χ3v) is 3.31. The van der Waals surface area contributed by atoms with E-state index in [-0.39, 0.29) is 12.7 Å². The molecule has 15 heavy (non-hydrogen) atoms. The van der Waals surface area contributed by atoms with E-state index in [1.165, 1.54) is 0 Å². The van der Waals surface area contributed by atoms with E-state index in [0.717, 1.165) is 31.9 Å². The van der Waals surface area contributed by atoms with E-state index < -0.39 is 15.9 Å². The Bertz CT molecular complexity index is 317. The zero-order valence-electron chi connectivity index (χ0n) is 8.77. The van der Waals surface area contributed by atoms with Crippen molar-refractivity contribution in [1.82, 2.24) is 0 Å². The van der Waals surface area contributed by atoms with Gasteiger partial charge in [0.25, 0.3) is 10.1 Å². The Morgan fingerprint density at radius 3 is 2.67 bits per heavy atom. The molecule has 1 saturated carbocycles. The van der Waals surface area contributed by atoms with Crippen LogP contribution in [-0.4, -0.2) is 39.8 Å². The highest BCUT2D eigenvalue weighted by Crippen LogP contribution is 2.39. The quantitative estimate of drug-likeness (QED) is 0.673. The maximum Gasteiger partial charge on any atom is 0.264 e. The van der Waals surface area contributed by atoms with Crippen molar-refractivity contribution in [3.63, 3.8) is 0 Å². The first kappa shape index (κ1) is 11.3. The molecule has 2 fully saturated rings. The molecule has 5 nitrogen and oxygen atoms in total. The number of rotatable bonds is 3. The van der Waals surface area contributed by atoms with Gasteiger partial charge in [0.15, 0.2) is 5.79 Å². The molecule has 2 aliphatic rings. The van der Waals surface area contributed by atoms with E-state index in [9.17, 15) is 8.42 Å². The van der Waals surface area contributed by atoms with Crippen LogP contribution in [0.5, 0.6) is 0 Å². The lowest BCUT2D eigenvalue weighted by Gasteiger charge is -2.21. The second-order valence-corrected chi connectivity index (χ2v) is 5.80. The third kappa shape index (κ3) is 2.90. The largest absolute Gasteiger partial charge is 0.347 e. The van der Waals surface area contributed by atoms with E-state index in [2.05, 4.69) is 4.18 Å². The van der Waals surface area contributed by atoms with Gasteiger partial charge in [-0.25, -0.2) is 0 Å². The molecule has 6 heteroatoms. The van der Waals surface area contributed by atoms with Gasteiger partial charge in [-0.15, -0.1) is 0 Å². The fourth-order valence-electron chi connectivity index (χ4n) is 2.07. The van der Waals surface area contributed by atoms with Crippen LogP contribution in [0.1, 0.15) is 25.7 Å². The molecule has 1 aliphatic heterocycles. The molecule has 0 N–H and O–H groups in total. The van der Waals surface area contributed by atoms with Crippen LogP contribution in [0, 0.1) is 0 Å². The van der Waals surface area contributed by atoms with Crippen molar-refractivity contribution in [2.45, 2.75) is 37.6 Å². The van der Waals surface area contributed by atoms with Crippen LogP contribution in [-0.2, 0) is 23.8 Å². The van der Waals surface area contributed by atoms with Gasteiger partial charge >= 0.3 is 0 Å². The molecular formula is C9H16O5S. The molecular weight excluding hydrogens is 220 g/mol. The number of hydrogen-bond acceptors (Lipinski definition) is 5. The molecule has 0 amide bonds. The molecule has 1 saturated heterocycles. The fourth-order valence-corrected chi connectivity index (χ4v) is 2.47. The molecule has 1 spiro atoms. The third-order valence-electron chi connectivity index (χ3n) is 2.75. The van der Waals surface area contributed by atoms with E-state index in [1.54, 1.807) is 0 Å². The Morgan fingerprint density at radius 2 is 2.07 bits per heavy atom. The zero-order valence-corrected chi connectivity index (χ0v) is 9.59. The van der Waals surface area contributed by atoms with E-state index in [0.29, 0.717) is 6.61 Å². The maximum absolute atomic E-state index is 10.8. The van der Waals surface area contributed by atoms with E-state index >= 15 is 0 Å². The molecule has 1 unspecified atom stereocenters. The van der Waals surface area contributed by atoms with Gasteiger partial charge in [0.05, 0.1) is 19.5 Å². The van der Waals surface area contributed by atoms with Gasteiger partial charge in [-0.3, -0.25) is 4.18 Å². The molecule has 2 rings (SSSR count). The van der Waals surface area contributed by atoms with Crippen LogP contribution in [0.3, 0.4) is 0 Å². The topological polar surface area (TPSA) is 61.8 Å². The molecule has 0 aromatic carbocycles. The summed E-state index contributed by atoms with van der Waals surface area (Å²) in [4.78, 5) is 0. The van der Waals surface area contributed by atoms with Crippen molar-refractivity contribution in [3.8, 4) is 0 Å². The van der Waals surface area contributed by atoms with Crippen molar-refractivity contribution in [3.05, 3.63) is 0 Å². The predicted octanol–water partition coefficient (Wildman–Crippen LogP) is 0.648. The molecule has 1 heterocycles. The molecule has 88 valence electrons. The van der Waals surface area contributed by atoms with E-state index in [1.807, 2.05) is 0 Å². The lowest BCUT2D eigenvalue weighted by atomic mass is 10.2.